The van der Waals surface area contributed by atoms with E-state index in [1.807, 2.05) is 26.0 Å². The zero-order chi connectivity index (χ0) is 33.2. The molecule has 2 fully saturated rings. The molecule has 252 valence electrons. The Morgan fingerprint density at radius 3 is 2.24 bits per heavy atom. The minimum atomic E-state index is -0.958. The van der Waals surface area contributed by atoms with Crippen molar-refractivity contribution in [3.05, 3.63) is 71.8 Å². The van der Waals surface area contributed by atoms with Crippen molar-refractivity contribution >= 4 is 17.8 Å². The summed E-state index contributed by atoms with van der Waals surface area (Å²) in [6.45, 7) is 7.70. The highest BCUT2D eigenvalue weighted by atomic mass is 16.7. The SMILES string of the molecule is CC1(C)OCC(C)(C)C(C(=O)NCC(C(=O)O)[C@@H]2CCCCC2NC(=O)CCC(CCCc2ccccc2)Cc2ccccc2)O1. The molecular weight excluding hydrogens is 580 g/mol. The predicted octanol–water partition coefficient (Wildman–Crippen LogP) is 6.32. The molecule has 2 aromatic rings. The summed E-state index contributed by atoms with van der Waals surface area (Å²) in [6, 6.07) is 20.7. The Morgan fingerprint density at radius 2 is 1.57 bits per heavy atom. The van der Waals surface area contributed by atoms with E-state index in [9.17, 15) is 19.5 Å². The summed E-state index contributed by atoms with van der Waals surface area (Å²) < 4.78 is 11.7. The molecule has 0 aromatic heterocycles. The zero-order valence-corrected chi connectivity index (χ0v) is 28.1. The second-order valence-corrected chi connectivity index (χ2v) is 14.5. The van der Waals surface area contributed by atoms with Crippen molar-refractivity contribution in [3.8, 4) is 0 Å². The van der Waals surface area contributed by atoms with E-state index < -0.39 is 29.2 Å². The van der Waals surface area contributed by atoms with Crippen LogP contribution in [0, 0.1) is 23.2 Å². The van der Waals surface area contributed by atoms with Crippen LogP contribution in [0.15, 0.2) is 60.7 Å². The molecule has 0 spiro atoms. The fraction of sp³-hybridized carbons (Fsp3) is 0.605. The van der Waals surface area contributed by atoms with Crippen LogP contribution in [0.5, 0.6) is 0 Å². The Bertz CT molecular complexity index is 1260. The highest BCUT2D eigenvalue weighted by Gasteiger charge is 2.46. The summed E-state index contributed by atoms with van der Waals surface area (Å²) in [4.78, 5) is 39.1. The number of hydrogen-bond acceptors (Lipinski definition) is 5. The minimum absolute atomic E-state index is 0.0109. The Balaban J connectivity index is 1.33. The van der Waals surface area contributed by atoms with Gasteiger partial charge in [-0.15, -0.1) is 0 Å². The average Bonchev–Trinajstić information content (AvgIpc) is 3.03. The van der Waals surface area contributed by atoms with Crippen molar-refractivity contribution in [1.29, 1.82) is 0 Å². The van der Waals surface area contributed by atoms with Gasteiger partial charge < -0.3 is 25.2 Å². The first-order valence-electron chi connectivity index (χ1n) is 17.1. The number of aryl methyl sites for hydroxylation is 1. The van der Waals surface area contributed by atoms with Crippen LogP contribution in [0.2, 0.25) is 0 Å². The second-order valence-electron chi connectivity index (χ2n) is 14.5. The van der Waals surface area contributed by atoms with Crippen LogP contribution in [-0.2, 0) is 36.7 Å². The largest absolute Gasteiger partial charge is 0.481 e. The monoisotopic (exact) mass is 634 g/mol. The van der Waals surface area contributed by atoms with Gasteiger partial charge in [0.05, 0.1) is 12.5 Å². The molecule has 1 heterocycles. The van der Waals surface area contributed by atoms with E-state index in [4.69, 9.17) is 9.47 Å². The van der Waals surface area contributed by atoms with Crippen molar-refractivity contribution in [2.75, 3.05) is 13.2 Å². The summed E-state index contributed by atoms with van der Waals surface area (Å²) >= 11 is 0. The standard InChI is InChI=1S/C38H54N2O6/c1-37(2)26-45-38(3,4)46-34(37)35(42)39-25-31(36(43)44)30-20-11-12-21-32(30)40-33(41)23-22-29(24-28-16-9-6-10-17-28)19-13-18-27-14-7-5-8-15-27/h5-10,14-17,29-32,34H,11-13,18-26H2,1-4H3,(H,39,42)(H,40,41)(H,43,44)/t29?,30-,31?,32?,34?/m0/s1. The number of amides is 2. The predicted molar refractivity (Wildman–Crippen MR) is 179 cm³/mol. The summed E-state index contributed by atoms with van der Waals surface area (Å²) in [7, 11) is 0. The van der Waals surface area contributed by atoms with E-state index in [1.165, 1.54) is 11.1 Å². The van der Waals surface area contributed by atoms with E-state index >= 15 is 0 Å². The molecule has 1 saturated carbocycles. The number of carboxylic acids is 1. The van der Waals surface area contributed by atoms with Crippen molar-refractivity contribution in [1.82, 2.24) is 10.6 Å². The first-order chi connectivity index (χ1) is 21.9. The maximum atomic E-state index is 13.3. The molecule has 1 aliphatic heterocycles. The summed E-state index contributed by atoms with van der Waals surface area (Å²) in [5.41, 5.74) is 2.06. The molecule has 2 aromatic carbocycles. The van der Waals surface area contributed by atoms with Crippen molar-refractivity contribution in [2.45, 2.75) is 110 Å². The van der Waals surface area contributed by atoms with E-state index in [0.29, 0.717) is 25.4 Å². The minimum Gasteiger partial charge on any atom is -0.481 e. The van der Waals surface area contributed by atoms with E-state index in [-0.39, 0.29) is 30.3 Å². The molecule has 4 rings (SSSR count). The normalized spacial score (nSPS) is 23.5. The van der Waals surface area contributed by atoms with Gasteiger partial charge in [0.1, 0.15) is 6.10 Å². The molecule has 8 heteroatoms. The molecular formula is C38H54N2O6. The number of benzene rings is 2. The van der Waals surface area contributed by atoms with Gasteiger partial charge in [-0.25, -0.2) is 0 Å². The first kappa shape index (κ1) is 35.6. The van der Waals surface area contributed by atoms with Gasteiger partial charge in [-0.1, -0.05) is 87.4 Å². The molecule has 0 radical (unpaired) electrons. The number of carbonyl (C=O) groups excluding carboxylic acids is 2. The van der Waals surface area contributed by atoms with Gasteiger partial charge in [-0.3, -0.25) is 14.4 Å². The van der Waals surface area contributed by atoms with Gasteiger partial charge >= 0.3 is 5.97 Å². The lowest BCUT2D eigenvalue weighted by molar-refractivity contribution is -0.304. The van der Waals surface area contributed by atoms with Crippen molar-refractivity contribution in [3.63, 3.8) is 0 Å². The lowest BCUT2D eigenvalue weighted by Crippen LogP contribution is -2.57. The Kier molecular flexibility index (Phi) is 12.8. The number of hydrogen-bond donors (Lipinski definition) is 3. The molecule has 1 aliphatic carbocycles. The van der Waals surface area contributed by atoms with Gasteiger partial charge in [0.15, 0.2) is 5.79 Å². The van der Waals surface area contributed by atoms with E-state index in [1.54, 1.807) is 13.8 Å². The van der Waals surface area contributed by atoms with Gasteiger partial charge in [0.25, 0.3) is 0 Å². The molecule has 2 aliphatic rings. The van der Waals surface area contributed by atoms with E-state index in [2.05, 4.69) is 59.2 Å². The molecule has 46 heavy (non-hydrogen) atoms. The Labute approximate surface area is 275 Å². The van der Waals surface area contributed by atoms with Gasteiger partial charge in [-0.2, -0.15) is 0 Å². The van der Waals surface area contributed by atoms with Crippen LogP contribution in [0.25, 0.3) is 0 Å². The third-order valence-corrected chi connectivity index (χ3v) is 9.70. The second kappa shape index (κ2) is 16.6. The summed E-state index contributed by atoms with van der Waals surface area (Å²) in [5.74, 6) is -2.91. The van der Waals surface area contributed by atoms with Crippen LogP contribution >= 0.6 is 0 Å². The molecule has 5 atom stereocenters. The number of carbonyl (C=O) groups is 3. The van der Waals surface area contributed by atoms with E-state index in [0.717, 1.165) is 51.4 Å². The third-order valence-electron chi connectivity index (χ3n) is 9.70. The molecule has 0 bridgehead atoms. The molecule has 1 saturated heterocycles. The number of carboxylic acid groups (broad SMARTS) is 1. The quantitative estimate of drug-likeness (QED) is 0.211. The van der Waals surface area contributed by atoms with Gasteiger partial charge in [0.2, 0.25) is 11.8 Å². The van der Waals surface area contributed by atoms with Gasteiger partial charge in [0, 0.05) is 24.4 Å². The average molecular weight is 635 g/mol. The Hall–Kier alpha value is -3.23. The third kappa shape index (κ3) is 10.7. The molecule has 3 N–H and O–H groups in total. The van der Waals surface area contributed by atoms with Crippen LogP contribution in [-0.4, -0.2) is 54.0 Å². The van der Waals surface area contributed by atoms with Crippen LogP contribution < -0.4 is 10.6 Å². The van der Waals surface area contributed by atoms with Crippen molar-refractivity contribution < 1.29 is 29.0 Å². The molecule has 8 nitrogen and oxygen atoms in total. The lowest BCUT2D eigenvalue weighted by atomic mass is 9.76. The number of aliphatic carboxylic acids is 1. The maximum absolute atomic E-state index is 13.3. The van der Waals surface area contributed by atoms with Crippen LogP contribution in [0.4, 0.5) is 0 Å². The number of rotatable bonds is 15. The zero-order valence-electron chi connectivity index (χ0n) is 28.1. The Morgan fingerprint density at radius 1 is 0.913 bits per heavy atom. The highest BCUT2D eigenvalue weighted by molar-refractivity contribution is 5.82. The maximum Gasteiger partial charge on any atom is 0.308 e. The van der Waals surface area contributed by atoms with Gasteiger partial charge in [-0.05, 0) is 81.8 Å². The fourth-order valence-electron chi connectivity index (χ4n) is 7.02. The topological polar surface area (TPSA) is 114 Å². The molecule has 2 amide bonds. The fourth-order valence-corrected chi connectivity index (χ4v) is 7.02. The highest BCUT2D eigenvalue weighted by Crippen LogP contribution is 2.35. The first-order valence-corrected chi connectivity index (χ1v) is 17.1. The van der Waals surface area contributed by atoms with Crippen LogP contribution in [0.1, 0.15) is 90.2 Å². The summed E-state index contributed by atoms with van der Waals surface area (Å²) in [5, 5.41) is 16.4. The lowest BCUT2D eigenvalue weighted by Gasteiger charge is -2.45. The number of nitrogens with one attached hydrogen (secondary N) is 2. The van der Waals surface area contributed by atoms with Crippen molar-refractivity contribution in [2.24, 2.45) is 23.2 Å². The summed E-state index contributed by atoms with van der Waals surface area (Å²) in [6.07, 6.45) is 7.75. The molecule has 4 unspecified atom stereocenters. The smallest absolute Gasteiger partial charge is 0.308 e. The number of ether oxygens (including phenoxy) is 2. The van der Waals surface area contributed by atoms with Crippen LogP contribution in [0.3, 0.4) is 0 Å².